The molecule has 0 spiro atoms. The molecular formula is C12H16INO3. The predicted molar refractivity (Wildman–Crippen MR) is 74.5 cm³/mol. The van der Waals surface area contributed by atoms with Crippen molar-refractivity contribution < 1.29 is 14.3 Å². The van der Waals surface area contributed by atoms with Crippen LogP contribution >= 0.6 is 22.6 Å². The Hall–Kier alpha value is -0.820. The minimum absolute atomic E-state index is 0.157. The van der Waals surface area contributed by atoms with Crippen molar-refractivity contribution in [2.24, 2.45) is 0 Å². The fraction of sp³-hybridized carbons (Fsp3) is 0.417. The number of halogens is 1. The van der Waals surface area contributed by atoms with Crippen molar-refractivity contribution in [2.45, 2.75) is 10.5 Å². The molecule has 0 bridgehead atoms. The van der Waals surface area contributed by atoms with E-state index in [1.807, 2.05) is 24.3 Å². The zero-order valence-electron chi connectivity index (χ0n) is 9.90. The van der Waals surface area contributed by atoms with Gasteiger partial charge in [-0.3, -0.25) is 4.79 Å². The molecule has 0 fully saturated rings. The maximum Gasteiger partial charge on any atom is 0.319 e. The summed E-state index contributed by atoms with van der Waals surface area (Å²) in [5, 5.41) is 3.20. The van der Waals surface area contributed by atoms with Crippen LogP contribution in [-0.2, 0) is 16.1 Å². The van der Waals surface area contributed by atoms with E-state index in [0.717, 1.165) is 17.9 Å². The monoisotopic (exact) mass is 349 g/mol. The Kier molecular flexibility index (Phi) is 6.28. The van der Waals surface area contributed by atoms with Gasteiger partial charge in [0.25, 0.3) is 0 Å². The average molecular weight is 349 g/mol. The van der Waals surface area contributed by atoms with E-state index < -0.39 is 0 Å². The topological polar surface area (TPSA) is 47.6 Å². The molecule has 1 atom stereocenters. The average Bonchev–Trinajstić information content (AvgIpc) is 2.38. The number of methoxy groups -OCH3 is 2. The summed E-state index contributed by atoms with van der Waals surface area (Å²) in [6, 6.07) is 7.82. The number of benzene rings is 1. The van der Waals surface area contributed by atoms with Gasteiger partial charge in [0.1, 0.15) is 9.67 Å². The van der Waals surface area contributed by atoms with E-state index in [2.05, 4.69) is 32.6 Å². The molecule has 5 heteroatoms. The number of ether oxygens (including phenoxy) is 2. The third-order valence-corrected chi connectivity index (χ3v) is 3.22. The van der Waals surface area contributed by atoms with Gasteiger partial charge >= 0.3 is 5.97 Å². The number of carbonyl (C=O) groups excluding carboxylic acids is 1. The maximum absolute atomic E-state index is 11.2. The molecule has 1 aromatic carbocycles. The van der Waals surface area contributed by atoms with Crippen LogP contribution in [0.2, 0.25) is 0 Å². The van der Waals surface area contributed by atoms with Crippen molar-refractivity contribution in [3.05, 3.63) is 29.8 Å². The van der Waals surface area contributed by atoms with Crippen molar-refractivity contribution in [1.29, 1.82) is 0 Å². The Morgan fingerprint density at radius 3 is 2.53 bits per heavy atom. The molecule has 0 saturated carbocycles. The minimum atomic E-state index is -0.201. The van der Waals surface area contributed by atoms with E-state index >= 15 is 0 Å². The lowest BCUT2D eigenvalue weighted by Gasteiger charge is -2.09. The summed E-state index contributed by atoms with van der Waals surface area (Å²) in [6.07, 6.45) is 0. The molecule has 1 rings (SSSR count). The molecule has 0 aliphatic carbocycles. The first kappa shape index (κ1) is 14.2. The molecular weight excluding hydrogens is 333 g/mol. The van der Waals surface area contributed by atoms with Gasteiger partial charge in [-0.15, -0.1) is 0 Å². The van der Waals surface area contributed by atoms with Crippen LogP contribution in [0, 0.1) is 0 Å². The van der Waals surface area contributed by atoms with E-state index in [-0.39, 0.29) is 9.89 Å². The summed E-state index contributed by atoms with van der Waals surface area (Å²) >= 11 is 2.06. The van der Waals surface area contributed by atoms with Crippen molar-refractivity contribution in [3.8, 4) is 5.75 Å². The van der Waals surface area contributed by atoms with Gasteiger partial charge in [0.2, 0.25) is 0 Å². The zero-order chi connectivity index (χ0) is 12.7. The smallest absolute Gasteiger partial charge is 0.319 e. The van der Waals surface area contributed by atoms with Crippen LogP contribution in [0.1, 0.15) is 5.56 Å². The molecule has 0 amide bonds. The molecule has 1 aromatic rings. The Bertz CT molecular complexity index is 353. The molecule has 0 aliphatic rings. The first-order valence-electron chi connectivity index (χ1n) is 5.23. The molecule has 17 heavy (non-hydrogen) atoms. The molecule has 0 radical (unpaired) electrons. The lowest BCUT2D eigenvalue weighted by molar-refractivity contribution is -0.139. The second-order valence-corrected chi connectivity index (χ2v) is 4.97. The highest BCUT2D eigenvalue weighted by Gasteiger charge is 2.13. The number of hydrogen-bond donors (Lipinski definition) is 1. The third-order valence-electron chi connectivity index (χ3n) is 2.27. The fourth-order valence-corrected chi connectivity index (χ4v) is 1.86. The highest BCUT2D eigenvalue weighted by molar-refractivity contribution is 14.1. The van der Waals surface area contributed by atoms with Gasteiger partial charge in [-0.05, 0) is 17.7 Å². The maximum atomic E-state index is 11.2. The lowest BCUT2D eigenvalue weighted by atomic mass is 10.2. The summed E-state index contributed by atoms with van der Waals surface area (Å²) < 4.78 is 9.56. The molecule has 1 N–H and O–H groups in total. The lowest BCUT2D eigenvalue weighted by Crippen LogP contribution is -2.29. The highest BCUT2D eigenvalue weighted by atomic mass is 127. The number of alkyl halides is 1. The summed E-state index contributed by atoms with van der Waals surface area (Å²) in [7, 11) is 3.04. The van der Waals surface area contributed by atoms with Gasteiger partial charge in [-0.2, -0.15) is 0 Å². The van der Waals surface area contributed by atoms with Gasteiger partial charge in [-0.1, -0.05) is 34.7 Å². The Morgan fingerprint density at radius 1 is 1.35 bits per heavy atom. The fourth-order valence-electron chi connectivity index (χ4n) is 1.30. The van der Waals surface area contributed by atoms with Crippen molar-refractivity contribution in [2.75, 3.05) is 20.8 Å². The quantitative estimate of drug-likeness (QED) is 0.483. The molecule has 0 aliphatic heterocycles. The van der Waals surface area contributed by atoms with Crippen LogP contribution in [-0.4, -0.2) is 30.7 Å². The summed E-state index contributed by atoms with van der Waals surface area (Å²) in [6.45, 7) is 1.32. The molecule has 0 heterocycles. The van der Waals surface area contributed by atoms with E-state index in [1.165, 1.54) is 7.11 Å². The number of nitrogens with one attached hydrogen (secondary N) is 1. The normalized spacial score (nSPS) is 11.9. The molecule has 0 aromatic heterocycles. The van der Waals surface area contributed by atoms with E-state index in [4.69, 9.17) is 4.74 Å². The van der Waals surface area contributed by atoms with Crippen LogP contribution in [0.5, 0.6) is 5.75 Å². The largest absolute Gasteiger partial charge is 0.497 e. The van der Waals surface area contributed by atoms with Crippen LogP contribution in [0.15, 0.2) is 24.3 Å². The molecule has 1 unspecified atom stereocenters. The van der Waals surface area contributed by atoms with Crippen LogP contribution in [0.25, 0.3) is 0 Å². The SMILES string of the molecule is COC(=O)C(I)CNCc1ccc(OC)cc1. The number of rotatable bonds is 6. The molecule has 0 saturated heterocycles. The van der Waals surface area contributed by atoms with Crippen molar-refractivity contribution in [3.63, 3.8) is 0 Å². The molecule has 4 nitrogen and oxygen atoms in total. The van der Waals surface area contributed by atoms with E-state index in [9.17, 15) is 4.79 Å². The highest BCUT2D eigenvalue weighted by Crippen LogP contribution is 2.11. The number of carbonyl (C=O) groups is 1. The first-order chi connectivity index (χ1) is 8.17. The van der Waals surface area contributed by atoms with Crippen molar-refractivity contribution >= 4 is 28.6 Å². The number of esters is 1. The molecule has 94 valence electrons. The van der Waals surface area contributed by atoms with Gasteiger partial charge < -0.3 is 14.8 Å². The van der Waals surface area contributed by atoms with Gasteiger partial charge in [0.15, 0.2) is 0 Å². The zero-order valence-corrected chi connectivity index (χ0v) is 12.1. The third kappa shape index (κ3) is 4.91. The van der Waals surface area contributed by atoms with Gasteiger partial charge in [-0.25, -0.2) is 0 Å². The van der Waals surface area contributed by atoms with E-state index in [1.54, 1.807) is 7.11 Å². The summed E-state index contributed by atoms with van der Waals surface area (Å²) in [4.78, 5) is 11.2. The second kappa shape index (κ2) is 7.50. The van der Waals surface area contributed by atoms with Crippen LogP contribution in [0.4, 0.5) is 0 Å². The first-order valence-corrected chi connectivity index (χ1v) is 6.47. The number of hydrogen-bond acceptors (Lipinski definition) is 4. The Labute approximate surface area is 115 Å². The van der Waals surface area contributed by atoms with Gasteiger partial charge in [0, 0.05) is 13.1 Å². The Morgan fingerprint density at radius 2 is 2.00 bits per heavy atom. The second-order valence-electron chi connectivity index (χ2n) is 3.47. The van der Waals surface area contributed by atoms with Crippen LogP contribution < -0.4 is 10.1 Å². The van der Waals surface area contributed by atoms with Crippen molar-refractivity contribution in [1.82, 2.24) is 5.32 Å². The standard InChI is InChI=1S/C12H16INO3/c1-16-10-5-3-9(4-6-10)7-14-8-11(13)12(15)17-2/h3-6,11,14H,7-8H2,1-2H3. The van der Waals surface area contributed by atoms with E-state index in [0.29, 0.717) is 6.54 Å². The minimum Gasteiger partial charge on any atom is -0.497 e. The van der Waals surface area contributed by atoms with Gasteiger partial charge in [0.05, 0.1) is 14.2 Å². The summed E-state index contributed by atoms with van der Waals surface area (Å²) in [5.41, 5.74) is 1.15. The Balaban J connectivity index is 2.33. The predicted octanol–water partition coefficient (Wildman–Crippen LogP) is 1.76. The summed E-state index contributed by atoms with van der Waals surface area (Å²) in [5.74, 6) is 0.642. The van der Waals surface area contributed by atoms with Crippen LogP contribution in [0.3, 0.4) is 0 Å².